The van der Waals surface area contributed by atoms with E-state index in [0.717, 1.165) is 29.0 Å². The normalized spacial score (nSPS) is 18.4. The average Bonchev–Trinajstić information content (AvgIpc) is 2.99. The van der Waals surface area contributed by atoms with Crippen molar-refractivity contribution in [3.8, 4) is 22.8 Å². The van der Waals surface area contributed by atoms with E-state index in [-0.39, 0.29) is 5.91 Å². The van der Waals surface area contributed by atoms with Crippen molar-refractivity contribution in [2.45, 2.75) is 6.42 Å². The second-order valence-electron chi connectivity index (χ2n) is 5.67. The summed E-state index contributed by atoms with van der Waals surface area (Å²) in [5.74, 6) is 1.28. The molecule has 3 heterocycles. The summed E-state index contributed by atoms with van der Waals surface area (Å²) in [5.41, 5.74) is 2.53. The van der Waals surface area contributed by atoms with Crippen LogP contribution in [0.5, 0.6) is 11.5 Å². The monoisotopic (exact) mass is 373 g/mol. The van der Waals surface area contributed by atoms with Gasteiger partial charge in [-0.2, -0.15) is 5.10 Å². The zero-order valence-electron chi connectivity index (χ0n) is 13.4. The van der Waals surface area contributed by atoms with Crippen molar-refractivity contribution in [1.82, 2.24) is 15.1 Å². The van der Waals surface area contributed by atoms with Crippen molar-refractivity contribution in [1.29, 1.82) is 0 Å². The molecule has 1 saturated heterocycles. The van der Waals surface area contributed by atoms with Gasteiger partial charge in [0.15, 0.2) is 11.5 Å². The van der Waals surface area contributed by atoms with Gasteiger partial charge in [-0.15, -0.1) is 0 Å². The second-order valence-corrected chi connectivity index (χ2v) is 7.39. The molecule has 1 amide bonds. The van der Waals surface area contributed by atoms with Crippen LogP contribution in [0.25, 0.3) is 17.3 Å². The van der Waals surface area contributed by atoms with Crippen LogP contribution in [0.1, 0.15) is 12.0 Å². The first-order chi connectivity index (χ1) is 12.1. The lowest BCUT2D eigenvalue weighted by Gasteiger charge is -2.08. The van der Waals surface area contributed by atoms with Crippen LogP contribution in [-0.4, -0.2) is 33.2 Å². The fraction of sp³-hybridized carbons (Fsp3) is 0.235. The number of nitrogens with zero attached hydrogens (tertiary/aromatic N) is 2. The maximum absolute atomic E-state index is 11.9. The molecule has 2 aromatic rings. The fourth-order valence-corrected chi connectivity index (χ4v) is 3.74. The second kappa shape index (κ2) is 6.53. The highest BCUT2D eigenvalue weighted by Crippen LogP contribution is 2.36. The zero-order valence-corrected chi connectivity index (χ0v) is 15.1. The summed E-state index contributed by atoms with van der Waals surface area (Å²) in [5, 5.41) is 7.17. The number of ether oxygens (including phenoxy) is 2. The van der Waals surface area contributed by atoms with E-state index in [1.807, 2.05) is 37.5 Å². The maximum atomic E-state index is 11.9. The Morgan fingerprint density at radius 1 is 1.32 bits per heavy atom. The first-order valence-electron chi connectivity index (χ1n) is 7.79. The molecule has 0 aliphatic carbocycles. The number of carbonyl (C=O) groups is 1. The maximum Gasteiger partial charge on any atom is 0.263 e. The van der Waals surface area contributed by atoms with Crippen LogP contribution in [0, 0.1) is 0 Å². The molecule has 4 rings (SSSR count). The van der Waals surface area contributed by atoms with Crippen molar-refractivity contribution in [2.24, 2.45) is 7.05 Å². The average molecular weight is 373 g/mol. The summed E-state index contributed by atoms with van der Waals surface area (Å²) in [6.45, 7) is 1.28. The van der Waals surface area contributed by atoms with E-state index >= 15 is 0 Å². The number of rotatable bonds is 2. The number of fused-ring (bicyclic) bond motifs is 1. The Bertz CT molecular complexity index is 905. The molecule has 1 aromatic heterocycles. The number of benzene rings is 1. The molecule has 6 nitrogen and oxygen atoms in total. The summed E-state index contributed by atoms with van der Waals surface area (Å²) < 4.78 is 13.6. The number of nitrogens with one attached hydrogen (secondary N) is 1. The molecular formula is C17H15N3O3S2. The predicted octanol–water partition coefficient (Wildman–Crippen LogP) is 2.74. The number of thiocarbonyl (C=S) groups is 1. The Kier molecular flexibility index (Phi) is 4.22. The molecule has 25 heavy (non-hydrogen) atoms. The first kappa shape index (κ1) is 16.2. The van der Waals surface area contributed by atoms with Crippen molar-refractivity contribution < 1.29 is 14.3 Å². The van der Waals surface area contributed by atoms with Gasteiger partial charge in [0.25, 0.3) is 5.91 Å². The lowest BCUT2D eigenvalue weighted by molar-refractivity contribution is -0.115. The van der Waals surface area contributed by atoms with E-state index in [0.29, 0.717) is 28.2 Å². The number of hydrogen-bond acceptors (Lipinski definition) is 6. The Morgan fingerprint density at radius 2 is 2.12 bits per heavy atom. The molecule has 2 aliphatic heterocycles. The Balaban J connectivity index is 1.74. The highest BCUT2D eigenvalue weighted by molar-refractivity contribution is 8.26. The van der Waals surface area contributed by atoms with Gasteiger partial charge in [0, 0.05) is 30.8 Å². The minimum Gasteiger partial charge on any atom is -0.490 e. The smallest absolute Gasteiger partial charge is 0.263 e. The van der Waals surface area contributed by atoms with Crippen LogP contribution in [0.2, 0.25) is 0 Å². The highest BCUT2D eigenvalue weighted by Gasteiger charge is 2.23. The molecule has 0 atom stereocenters. The molecule has 1 aromatic carbocycles. The molecule has 8 heteroatoms. The van der Waals surface area contributed by atoms with Crippen molar-refractivity contribution in [2.75, 3.05) is 13.2 Å². The summed E-state index contributed by atoms with van der Waals surface area (Å²) >= 11 is 6.30. The largest absolute Gasteiger partial charge is 0.490 e. The van der Waals surface area contributed by atoms with Crippen molar-refractivity contribution in [3.05, 3.63) is 34.9 Å². The van der Waals surface area contributed by atoms with Gasteiger partial charge in [-0.1, -0.05) is 24.0 Å². The number of aromatic nitrogens is 2. The van der Waals surface area contributed by atoms with E-state index < -0.39 is 0 Å². The third-order valence-electron chi connectivity index (χ3n) is 3.81. The quantitative estimate of drug-likeness (QED) is 0.645. The van der Waals surface area contributed by atoms with Gasteiger partial charge >= 0.3 is 0 Å². The van der Waals surface area contributed by atoms with Crippen LogP contribution in [0.3, 0.4) is 0 Å². The fourth-order valence-electron chi connectivity index (χ4n) is 2.71. The van der Waals surface area contributed by atoms with Crippen LogP contribution >= 0.6 is 24.0 Å². The number of hydrogen-bond donors (Lipinski definition) is 1. The van der Waals surface area contributed by atoms with Crippen LogP contribution in [0.15, 0.2) is 29.3 Å². The summed E-state index contributed by atoms with van der Waals surface area (Å²) in [7, 11) is 1.85. The highest BCUT2D eigenvalue weighted by atomic mass is 32.2. The molecule has 1 fully saturated rings. The molecule has 1 N–H and O–H groups in total. The number of thioether (sulfide) groups is 1. The molecular weight excluding hydrogens is 358 g/mol. The van der Waals surface area contributed by atoms with Crippen LogP contribution in [-0.2, 0) is 11.8 Å². The minimum atomic E-state index is -0.177. The van der Waals surface area contributed by atoms with Gasteiger partial charge in [0.05, 0.1) is 23.8 Å². The Labute approximate surface area is 154 Å². The molecule has 0 unspecified atom stereocenters. The SMILES string of the molecule is Cn1cc(C=C2SC(=S)NC2=O)c(-c2ccc3c(c2)OCCCO3)n1. The summed E-state index contributed by atoms with van der Waals surface area (Å²) in [6.07, 6.45) is 4.54. The van der Waals surface area contributed by atoms with Gasteiger partial charge in [-0.3, -0.25) is 9.48 Å². The number of amides is 1. The topological polar surface area (TPSA) is 65.4 Å². The van der Waals surface area contributed by atoms with E-state index in [9.17, 15) is 4.79 Å². The molecule has 2 aliphatic rings. The van der Waals surface area contributed by atoms with Gasteiger partial charge < -0.3 is 14.8 Å². The molecule has 0 saturated carbocycles. The predicted molar refractivity (Wildman–Crippen MR) is 101 cm³/mol. The van der Waals surface area contributed by atoms with E-state index in [2.05, 4.69) is 10.4 Å². The standard InChI is InChI=1S/C17H15N3O3S2/c1-20-9-11(8-14-16(21)18-17(24)25-14)15(19-20)10-3-4-12-13(7-10)23-6-2-5-22-12/h3-4,7-9H,2,5-6H2,1H3,(H,18,21,24). The number of carbonyl (C=O) groups excluding carboxylic acids is 1. The Hall–Kier alpha value is -2.32. The zero-order chi connectivity index (χ0) is 17.4. The number of aryl methyl sites for hydroxylation is 1. The van der Waals surface area contributed by atoms with Gasteiger partial charge in [-0.05, 0) is 24.3 Å². The summed E-state index contributed by atoms with van der Waals surface area (Å²) in [4.78, 5) is 12.5. The summed E-state index contributed by atoms with van der Waals surface area (Å²) in [6, 6.07) is 5.77. The lowest BCUT2D eigenvalue weighted by Crippen LogP contribution is -2.17. The molecule has 0 spiro atoms. The van der Waals surface area contributed by atoms with Gasteiger partial charge in [0.2, 0.25) is 0 Å². The third kappa shape index (κ3) is 3.27. The van der Waals surface area contributed by atoms with E-state index in [1.165, 1.54) is 11.8 Å². The van der Waals surface area contributed by atoms with Gasteiger partial charge in [0.1, 0.15) is 4.32 Å². The lowest BCUT2D eigenvalue weighted by atomic mass is 10.1. The van der Waals surface area contributed by atoms with Crippen LogP contribution < -0.4 is 14.8 Å². The van der Waals surface area contributed by atoms with E-state index in [4.69, 9.17) is 21.7 Å². The molecule has 0 bridgehead atoms. The van der Waals surface area contributed by atoms with Crippen molar-refractivity contribution in [3.63, 3.8) is 0 Å². The van der Waals surface area contributed by atoms with Gasteiger partial charge in [-0.25, -0.2) is 0 Å². The molecule has 128 valence electrons. The van der Waals surface area contributed by atoms with Crippen LogP contribution in [0.4, 0.5) is 0 Å². The van der Waals surface area contributed by atoms with E-state index in [1.54, 1.807) is 4.68 Å². The van der Waals surface area contributed by atoms with Crippen molar-refractivity contribution >= 4 is 40.3 Å². The first-order valence-corrected chi connectivity index (χ1v) is 9.01. The Morgan fingerprint density at radius 3 is 2.88 bits per heavy atom. The minimum absolute atomic E-state index is 0.177. The molecule has 0 radical (unpaired) electrons. The third-order valence-corrected chi connectivity index (χ3v) is 4.97.